The number of hydrogen-bond acceptors (Lipinski definition) is 9. The summed E-state index contributed by atoms with van der Waals surface area (Å²) >= 11 is 0. The molecule has 3 aromatic rings. The van der Waals surface area contributed by atoms with Crippen molar-refractivity contribution in [3.05, 3.63) is 58.3 Å². The van der Waals surface area contributed by atoms with Crippen molar-refractivity contribution in [2.45, 2.75) is 27.7 Å². The van der Waals surface area contributed by atoms with Gasteiger partial charge in [-0.25, -0.2) is 4.79 Å². The van der Waals surface area contributed by atoms with Crippen LogP contribution in [0.4, 0.5) is 0 Å². The molecule has 0 radical (unpaired) electrons. The van der Waals surface area contributed by atoms with Gasteiger partial charge in [-0.15, -0.1) is 0 Å². The molecular weight excluding hydrogens is 444 g/mol. The topological polar surface area (TPSA) is 118 Å². The molecule has 0 aliphatic carbocycles. The zero-order valence-corrected chi connectivity index (χ0v) is 19.2. The molecule has 0 bridgehead atoms. The standard InChI is InChI=1S/C25H22O9/c1-6-13(2)25(29)34-22-18(32-15(4)27)12-17(31-14(3)26)19-20(28)24(30-5)21(33-23(19)22)16-10-8-7-9-11-16/h6-12H,1-5H3/b13-6+. The summed E-state index contributed by atoms with van der Waals surface area (Å²) < 4.78 is 27.3. The third-order valence-electron chi connectivity index (χ3n) is 4.71. The zero-order valence-electron chi connectivity index (χ0n) is 19.2. The van der Waals surface area contributed by atoms with Crippen LogP contribution >= 0.6 is 0 Å². The Morgan fingerprint density at radius 2 is 1.50 bits per heavy atom. The average Bonchev–Trinajstić information content (AvgIpc) is 2.79. The minimum absolute atomic E-state index is 0.0365. The molecule has 2 aromatic carbocycles. The number of methoxy groups -OCH3 is 1. The molecule has 9 nitrogen and oxygen atoms in total. The molecule has 0 N–H and O–H groups in total. The van der Waals surface area contributed by atoms with Gasteiger partial charge in [0.15, 0.2) is 17.1 Å². The predicted octanol–water partition coefficient (Wildman–Crippen LogP) is 4.19. The summed E-state index contributed by atoms with van der Waals surface area (Å²) in [7, 11) is 1.29. The number of benzene rings is 2. The summed E-state index contributed by atoms with van der Waals surface area (Å²) in [5, 5.41) is -0.233. The molecule has 0 aliphatic heterocycles. The Morgan fingerprint density at radius 1 is 0.882 bits per heavy atom. The summed E-state index contributed by atoms with van der Waals surface area (Å²) in [6.07, 6.45) is 1.53. The van der Waals surface area contributed by atoms with Gasteiger partial charge in [0.25, 0.3) is 0 Å². The molecule has 3 rings (SSSR count). The highest BCUT2D eigenvalue weighted by Crippen LogP contribution is 2.44. The van der Waals surface area contributed by atoms with Crippen molar-refractivity contribution >= 4 is 28.9 Å². The van der Waals surface area contributed by atoms with Crippen molar-refractivity contribution in [1.82, 2.24) is 0 Å². The summed E-state index contributed by atoms with van der Waals surface area (Å²) in [4.78, 5) is 49.6. The zero-order chi connectivity index (χ0) is 25.0. The molecule has 0 atom stereocenters. The van der Waals surface area contributed by atoms with E-state index < -0.39 is 23.3 Å². The lowest BCUT2D eigenvalue weighted by molar-refractivity contribution is -0.133. The Balaban J connectivity index is 2.50. The summed E-state index contributed by atoms with van der Waals surface area (Å²) in [5.74, 6) is -3.23. The highest BCUT2D eigenvalue weighted by atomic mass is 16.6. The van der Waals surface area contributed by atoms with Gasteiger partial charge < -0.3 is 23.4 Å². The van der Waals surface area contributed by atoms with Crippen molar-refractivity contribution in [3.8, 4) is 34.3 Å². The van der Waals surface area contributed by atoms with E-state index in [1.165, 1.54) is 20.1 Å². The first-order valence-corrected chi connectivity index (χ1v) is 10.2. The largest absolute Gasteiger partial charge is 0.490 e. The van der Waals surface area contributed by atoms with Crippen molar-refractivity contribution < 1.29 is 37.7 Å². The van der Waals surface area contributed by atoms with Gasteiger partial charge in [-0.2, -0.15) is 0 Å². The predicted molar refractivity (Wildman–Crippen MR) is 122 cm³/mol. The molecule has 0 saturated carbocycles. The minimum atomic E-state index is -0.767. The fraction of sp³-hybridized carbons (Fsp3) is 0.200. The summed E-state index contributed by atoms with van der Waals surface area (Å²) in [6, 6.07) is 9.72. The fourth-order valence-corrected chi connectivity index (χ4v) is 3.09. The van der Waals surface area contributed by atoms with Crippen molar-refractivity contribution in [3.63, 3.8) is 0 Å². The molecule has 34 heavy (non-hydrogen) atoms. The lowest BCUT2D eigenvalue weighted by Crippen LogP contribution is -2.15. The van der Waals surface area contributed by atoms with Gasteiger partial charge in [-0.3, -0.25) is 14.4 Å². The second-order valence-corrected chi connectivity index (χ2v) is 7.11. The minimum Gasteiger partial charge on any atom is -0.490 e. The molecule has 9 heteroatoms. The van der Waals surface area contributed by atoms with Crippen LogP contribution in [0.15, 0.2) is 57.3 Å². The van der Waals surface area contributed by atoms with Crippen LogP contribution in [0.5, 0.6) is 23.0 Å². The number of hydrogen-bond donors (Lipinski definition) is 0. The van der Waals surface area contributed by atoms with Gasteiger partial charge in [0, 0.05) is 31.1 Å². The van der Waals surface area contributed by atoms with Crippen LogP contribution in [-0.4, -0.2) is 25.0 Å². The number of fused-ring (bicyclic) bond motifs is 1. The van der Waals surface area contributed by atoms with E-state index >= 15 is 0 Å². The van der Waals surface area contributed by atoms with Gasteiger partial charge in [0.2, 0.25) is 16.9 Å². The first-order valence-electron chi connectivity index (χ1n) is 10.2. The molecule has 1 aromatic heterocycles. The lowest BCUT2D eigenvalue weighted by atomic mass is 10.1. The van der Waals surface area contributed by atoms with Crippen LogP contribution in [0.2, 0.25) is 0 Å². The molecule has 0 saturated heterocycles. The normalized spacial score (nSPS) is 11.1. The number of allylic oxidation sites excluding steroid dienone is 1. The molecule has 0 fully saturated rings. The monoisotopic (exact) mass is 466 g/mol. The average molecular weight is 466 g/mol. The van der Waals surface area contributed by atoms with Gasteiger partial charge >= 0.3 is 17.9 Å². The maximum atomic E-state index is 13.5. The molecule has 0 spiro atoms. The molecule has 0 unspecified atom stereocenters. The SMILES string of the molecule is C/C=C(\C)C(=O)Oc1c(OC(C)=O)cc(OC(C)=O)c2c(=O)c(OC)c(-c3ccccc3)oc12. The van der Waals surface area contributed by atoms with E-state index in [0.717, 1.165) is 19.9 Å². The van der Waals surface area contributed by atoms with Crippen molar-refractivity contribution in [2.24, 2.45) is 0 Å². The molecule has 0 aliphatic rings. The van der Waals surface area contributed by atoms with Crippen molar-refractivity contribution in [2.75, 3.05) is 7.11 Å². The molecular formula is C25H22O9. The Morgan fingerprint density at radius 3 is 2.06 bits per heavy atom. The lowest BCUT2D eigenvalue weighted by Gasteiger charge is -2.16. The van der Waals surface area contributed by atoms with Gasteiger partial charge in [0.05, 0.1) is 7.11 Å². The smallest absolute Gasteiger partial charge is 0.339 e. The Labute approximate surface area is 194 Å². The maximum absolute atomic E-state index is 13.5. The van der Waals surface area contributed by atoms with E-state index in [9.17, 15) is 19.2 Å². The summed E-state index contributed by atoms with van der Waals surface area (Å²) in [5.41, 5.74) is -0.206. The van der Waals surface area contributed by atoms with Crippen LogP contribution in [0.3, 0.4) is 0 Å². The quantitative estimate of drug-likeness (QED) is 0.299. The molecule has 0 amide bonds. The highest BCUT2D eigenvalue weighted by molar-refractivity contribution is 5.99. The first kappa shape index (κ1) is 24.2. The van der Waals surface area contributed by atoms with E-state index in [-0.39, 0.29) is 45.3 Å². The van der Waals surface area contributed by atoms with Crippen LogP contribution in [0.1, 0.15) is 27.7 Å². The van der Waals surface area contributed by atoms with E-state index in [4.69, 9.17) is 23.4 Å². The van der Waals surface area contributed by atoms with E-state index in [1.807, 2.05) is 0 Å². The van der Waals surface area contributed by atoms with Gasteiger partial charge in [-0.05, 0) is 13.8 Å². The van der Waals surface area contributed by atoms with E-state index in [1.54, 1.807) is 37.3 Å². The summed E-state index contributed by atoms with van der Waals surface area (Å²) in [6.45, 7) is 5.44. The second-order valence-electron chi connectivity index (χ2n) is 7.11. The Bertz CT molecular complexity index is 1360. The molecule has 176 valence electrons. The third-order valence-corrected chi connectivity index (χ3v) is 4.71. The van der Waals surface area contributed by atoms with E-state index in [0.29, 0.717) is 5.56 Å². The van der Waals surface area contributed by atoms with Crippen LogP contribution in [-0.2, 0) is 14.4 Å². The van der Waals surface area contributed by atoms with Gasteiger partial charge in [-0.1, -0.05) is 36.4 Å². The van der Waals surface area contributed by atoms with Gasteiger partial charge in [0.1, 0.15) is 11.1 Å². The second kappa shape index (κ2) is 10.0. The Kier molecular flexibility index (Phi) is 7.15. The van der Waals surface area contributed by atoms with Crippen LogP contribution in [0, 0.1) is 0 Å². The number of ether oxygens (including phenoxy) is 4. The number of carbonyl (C=O) groups is 3. The van der Waals surface area contributed by atoms with E-state index in [2.05, 4.69) is 0 Å². The molecule has 1 heterocycles. The van der Waals surface area contributed by atoms with Crippen molar-refractivity contribution in [1.29, 1.82) is 0 Å². The Hall–Kier alpha value is -4.40. The number of esters is 3. The fourth-order valence-electron chi connectivity index (χ4n) is 3.09. The maximum Gasteiger partial charge on any atom is 0.339 e. The highest BCUT2D eigenvalue weighted by Gasteiger charge is 2.28. The number of rotatable bonds is 6. The third kappa shape index (κ3) is 4.83. The van der Waals surface area contributed by atoms with Crippen LogP contribution in [0.25, 0.3) is 22.3 Å². The van der Waals surface area contributed by atoms with Crippen LogP contribution < -0.4 is 24.4 Å². The first-order chi connectivity index (χ1) is 16.2. The number of carbonyl (C=O) groups excluding carboxylic acids is 3.